The SMILES string of the molecule is COc1ccc(CC(C)(C#N)NCCN=[N+]=[N-])cc1OC. The zero-order valence-electron chi connectivity index (χ0n) is 12.5. The van der Waals surface area contributed by atoms with Crippen LogP contribution in [0, 0.1) is 11.3 Å². The van der Waals surface area contributed by atoms with Gasteiger partial charge in [0.05, 0.1) is 20.3 Å². The molecule has 1 aromatic rings. The van der Waals surface area contributed by atoms with E-state index in [4.69, 9.17) is 15.0 Å². The van der Waals surface area contributed by atoms with Gasteiger partial charge >= 0.3 is 0 Å². The molecule has 0 aliphatic heterocycles. The van der Waals surface area contributed by atoms with Gasteiger partial charge in [-0.15, -0.1) is 0 Å². The third-order valence-corrected chi connectivity index (χ3v) is 3.04. The molecule has 7 nitrogen and oxygen atoms in total. The average Bonchev–Trinajstić information content (AvgIpc) is 2.51. The molecule has 7 heteroatoms. The van der Waals surface area contributed by atoms with Crippen LogP contribution in [0.5, 0.6) is 11.5 Å². The third-order valence-electron chi connectivity index (χ3n) is 3.04. The maximum absolute atomic E-state index is 9.36. The van der Waals surface area contributed by atoms with Gasteiger partial charge in [0.1, 0.15) is 5.54 Å². The van der Waals surface area contributed by atoms with Crippen molar-refractivity contribution in [1.82, 2.24) is 5.32 Å². The molecule has 0 heterocycles. The minimum absolute atomic E-state index is 0.305. The molecular formula is C14H19N5O2. The molecule has 0 aliphatic carbocycles. The molecule has 0 aromatic heterocycles. The molecule has 0 fully saturated rings. The highest BCUT2D eigenvalue weighted by molar-refractivity contribution is 5.43. The Morgan fingerprint density at radius 3 is 2.67 bits per heavy atom. The molecule has 0 saturated carbocycles. The maximum atomic E-state index is 9.36. The first-order chi connectivity index (χ1) is 10.1. The summed E-state index contributed by atoms with van der Waals surface area (Å²) in [6.45, 7) is 2.56. The maximum Gasteiger partial charge on any atom is 0.160 e. The first-order valence-corrected chi connectivity index (χ1v) is 6.46. The summed E-state index contributed by atoms with van der Waals surface area (Å²) >= 11 is 0. The van der Waals surface area contributed by atoms with Gasteiger partial charge in [0.2, 0.25) is 0 Å². The third kappa shape index (κ3) is 4.88. The summed E-state index contributed by atoms with van der Waals surface area (Å²) in [4.78, 5) is 2.68. The van der Waals surface area contributed by atoms with Gasteiger partial charge in [0.15, 0.2) is 11.5 Å². The van der Waals surface area contributed by atoms with E-state index in [9.17, 15) is 5.26 Å². The molecule has 1 aromatic carbocycles. The van der Waals surface area contributed by atoms with E-state index in [0.717, 1.165) is 5.56 Å². The molecule has 0 saturated heterocycles. The summed E-state index contributed by atoms with van der Waals surface area (Å²) in [5.41, 5.74) is 8.44. The van der Waals surface area contributed by atoms with Gasteiger partial charge in [-0.3, -0.25) is 5.32 Å². The van der Waals surface area contributed by atoms with Crippen molar-refractivity contribution >= 4 is 0 Å². The number of ether oxygens (including phenoxy) is 2. The van der Waals surface area contributed by atoms with Gasteiger partial charge < -0.3 is 9.47 Å². The number of hydrogen-bond donors (Lipinski definition) is 1. The molecule has 21 heavy (non-hydrogen) atoms. The summed E-state index contributed by atoms with van der Waals surface area (Å²) in [5, 5.41) is 15.9. The van der Waals surface area contributed by atoms with Crippen molar-refractivity contribution in [3.63, 3.8) is 0 Å². The molecule has 1 N–H and O–H groups in total. The number of nitrogens with one attached hydrogen (secondary N) is 1. The molecule has 0 spiro atoms. The van der Waals surface area contributed by atoms with E-state index in [2.05, 4.69) is 21.4 Å². The lowest BCUT2D eigenvalue weighted by molar-refractivity contribution is 0.354. The Morgan fingerprint density at radius 1 is 1.38 bits per heavy atom. The van der Waals surface area contributed by atoms with Gasteiger partial charge in [0.25, 0.3) is 0 Å². The second-order valence-corrected chi connectivity index (χ2v) is 4.69. The van der Waals surface area contributed by atoms with Crippen LogP contribution in [0.25, 0.3) is 10.4 Å². The van der Waals surface area contributed by atoms with E-state index in [1.54, 1.807) is 21.1 Å². The zero-order valence-corrected chi connectivity index (χ0v) is 12.5. The van der Waals surface area contributed by atoms with Crippen molar-refractivity contribution in [2.24, 2.45) is 5.11 Å². The second-order valence-electron chi connectivity index (χ2n) is 4.69. The predicted molar refractivity (Wildman–Crippen MR) is 79.3 cm³/mol. The van der Waals surface area contributed by atoms with Crippen molar-refractivity contribution in [3.8, 4) is 17.6 Å². The van der Waals surface area contributed by atoms with Crippen LogP contribution in [0.3, 0.4) is 0 Å². The summed E-state index contributed by atoms with van der Waals surface area (Å²) in [5.74, 6) is 1.28. The molecule has 0 amide bonds. The largest absolute Gasteiger partial charge is 0.493 e. The number of nitriles is 1. The van der Waals surface area contributed by atoms with Crippen molar-refractivity contribution in [2.45, 2.75) is 18.9 Å². The Morgan fingerprint density at radius 2 is 2.10 bits per heavy atom. The Balaban J connectivity index is 2.81. The first kappa shape index (κ1) is 16.6. The number of hydrogen-bond acceptors (Lipinski definition) is 5. The van der Waals surface area contributed by atoms with E-state index in [1.165, 1.54) is 0 Å². The zero-order chi connectivity index (χ0) is 15.7. The normalized spacial score (nSPS) is 12.7. The molecule has 1 atom stereocenters. The summed E-state index contributed by atoms with van der Waals surface area (Å²) in [6.07, 6.45) is 0.500. The highest BCUT2D eigenvalue weighted by Gasteiger charge is 2.23. The van der Waals surface area contributed by atoms with Crippen molar-refractivity contribution in [1.29, 1.82) is 5.26 Å². The minimum atomic E-state index is -0.745. The van der Waals surface area contributed by atoms with Crippen molar-refractivity contribution in [3.05, 3.63) is 34.2 Å². The molecule has 0 bridgehead atoms. The Bertz CT molecular complexity index is 563. The van der Waals surface area contributed by atoms with E-state index >= 15 is 0 Å². The fraction of sp³-hybridized carbons (Fsp3) is 0.500. The van der Waals surface area contributed by atoms with Crippen molar-refractivity contribution in [2.75, 3.05) is 27.3 Å². The molecular weight excluding hydrogens is 270 g/mol. The molecule has 1 rings (SSSR count). The molecule has 0 aliphatic rings. The van der Waals surface area contributed by atoms with Crippen molar-refractivity contribution < 1.29 is 9.47 Å². The average molecular weight is 289 g/mol. The fourth-order valence-corrected chi connectivity index (χ4v) is 1.97. The van der Waals surface area contributed by atoms with Gasteiger partial charge in [-0.25, -0.2) is 0 Å². The second kappa shape index (κ2) is 8.00. The number of nitrogens with zero attached hydrogens (tertiary/aromatic N) is 4. The lowest BCUT2D eigenvalue weighted by Gasteiger charge is -2.23. The van der Waals surface area contributed by atoms with Crippen LogP contribution in [0.1, 0.15) is 12.5 Å². The molecule has 112 valence electrons. The summed E-state index contributed by atoms with van der Waals surface area (Å²) < 4.78 is 10.4. The van der Waals surface area contributed by atoms with Gasteiger partial charge in [0, 0.05) is 24.4 Å². The van der Waals surface area contributed by atoms with Crippen LogP contribution < -0.4 is 14.8 Å². The molecule has 1 unspecified atom stereocenters. The topological polar surface area (TPSA) is 103 Å². The predicted octanol–water partition coefficient (Wildman–Crippen LogP) is 2.43. The van der Waals surface area contributed by atoms with E-state index in [-0.39, 0.29) is 0 Å². The number of benzene rings is 1. The Labute approximate surface area is 124 Å². The summed E-state index contributed by atoms with van der Waals surface area (Å²) in [7, 11) is 3.15. The van der Waals surface area contributed by atoms with E-state index < -0.39 is 5.54 Å². The number of rotatable bonds is 8. The van der Waals surface area contributed by atoms with E-state index in [0.29, 0.717) is 31.0 Å². The standard InChI is InChI=1S/C14H19N5O2/c1-14(10-15,17-6-7-18-19-16)9-11-4-5-12(20-2)13(8-11)21-3/h4-5,8,17H,6-7,9H2,1-3H3. The van der Waals surface area contributed by atoms with Crippen LogP contribution in [0.4, 0.5) is 0 Å². The van der Waals surface area contributed by atoms with Crippen LogP contribution in [-0.4, -0.2) is 32.8 Å². The molecule has 0 radical (unpaired) electrons. The lowest BCUT2D eigenvalue weighted by Crippen LogP contribution is -2.44. The quantitative estimate of drug-likeness (QED) is 0.343. The van der Waals surface area contributed by atoms with Crippen LogP contribution in [0.2, 0.25) is 0 Å². The Hall–Kier alpha value is -2.42. The lowest BCUT2D eigenvalue weighted by atomic mass is 9.94. The van der Waals surface area contributed by atoms with Gasteiger partial charge in [-0.2, -0.15) is 5.26 Å². The fourth-order valence-electron chi connectivity index (χ4n) is 1.97. The highest BCUT2D eigenvalue weighted by Crippen LogP contribution is 2.28. The monoisotopic (exact) mass is 289 g/mol. The smallest absolute Gasteiger partial charge is 0.160 e. The van der Waals surface area contributed by atoms with Crippen LogP contribution in [-0.2, 0) is 6.42 Å². The van der Waals surface area contributed by atoms with Gasteiger partial charge in [-0.05, 0) is 30.2 Å². The number of azide groups is 1. The van der Waals surface area contributed by atoms with Crippen LogP contribution >= 0.6 is 0 Å². The van der Waals surface area contributed by atoms with Gasteiger partial charge in [-0.1, -0.05) is 11.2 Å². The highest BCUT2D eigenvalue weighted by atomic mass is 16.5. The minimum Gasteiger partial charge on any atom is -0.493 e. The first-order valence-electron chi connectivity index (χ1n) is 6.46. The van der Waals surface area contributed by atoms with Crippen LogP contribution in [0.15, 0.2) is 23.3 Å². The number of methoxy groups -OCH3 is 2. The Kier molecular flexibility index (Phi) is 6.34. The summed E-state index contributed by atoms with van der Waals surface area (Å²) in [6, 6.07) is 7.81. The van der Waals surface area contributed by atoms with E-state index in [1.807, 2.05) is 18.2 Å².